The summed E-state index contributed by atoms with van der Waals surface area (Å²) in [7, 11) is 0. The van der Waals surface area contributed by atoms with Crippen LogP contribution in [0.5, 0.6) is 0 Å². The first-order chi connectivity index (χ1) is 5.48. The lowest BCUT2D eigenvalue weighted by molar-refractivity contribution is -0.182. The normalized spacial score (nSPS) is 14.8. The first-order valence-corrected chi connectivity index (χ1v) is 4.93. The maximum atomic E-state index is 9.20. The molecule has 1 unspecified atom stereocenters. The average Bonchev–Trinajstić information content (AvgIpc) is 1.96. The summed E-state index contributed by atoms with van der Waals surface area (Å²) >= 11 is 0. The number of hydrogen-bond acceptors (Lipinski definition) is 2. The third-order valence-electron chi connectivity index (χ3n) is 2.42. The summed E-state index contributed by atoms with van der Waals surface area (Å²) < 4.78 is 0. The van der Waals surface area contributed by atoms with Crippen LogP contribution >= 0.6 is 0 Å². The molecule has 0 aliphatic carbocycles. The van der Waals surface area contributed by atoms with Gasteiger partial charge in [-0.05, 0) is 13.3 Å². The molecular formula is C10H22O2. The Hall–Kier alpha value is -0.0800. The van der Waals surface area contributed by atoms with Crippen LogP contribution in [0.25, 0.3) is 0 Å². The molecule has 2 heteroatoms. The average molecular weight is 174 g/mol. The van der Waals surface area contributed by atoms with E-state index in [1.807, 2.05) is 6.92 Å². The van der Waals surface area contributed by atoms with Crippen LogP contribution in [-0.4, -0.2) is 16.0 Å². The van der Waals surface area contributed by atoms with Crippen molar-refractivity contribution in [1.29, 1.82) is 0 Å². The molecule has 0 amide bonds. The van der Waals surface area contributed by atoms with Gasteiger partial charge in [-0.1, -0.05) is 39.5 Å². The third-order valence-corrected chi connectivity index (χ3v) is 2.42. The van der Waals surface area contributed by atoms with Crippen molar-refractivity contribution < 1.29 is 10.2 Å². The molecule has 0 saturated heterocycles. The number of hydrogen-bond donors (Lipinski definition) is 2. The van der Waals surface area contributed by atoms with Crippen molar-refractivity contribution in [2.45, 2.75) is 58.7 Å². The minimum atomic E-state index is -1.49. The van der Waals surface area contributed by atoms with Crippen molar-refractivity contribution >= 4 is 0 Å². The molecule has 74 valence electrons. The van der Waals surface area contributed by atoms with Gasteiger partial charge in [0, 0.05) is 5.92 Å². The molecule has 12 heavy (non-hydrogen) atoms. The Bertz CT molecular complexity index is 105. The van der Waals surface area contributed by atoms with Crippen LogP contribution in [0, 0.1) is 5.92 Å². The van der Waals surface area contributed by atoms with Crippen LogP contribution in [0.1, 0.15) is 52.9 Å². The fraction of sp³-hybridized carbons (Fsp3) is 1.00. The van der Waals surface area contributed by atoms with Gasteiger partial charge in [0.25, 0.3) is 0 Å². The van der Waals surface area contributed by atoms with Gasteiger partial charge in [-0.25, -0.2) is 0 Å². The Balaban J connectivity index is 3.38. The van der Waals surface area contributed by atoms with Crippen LogP contribution in [0.4, 0.5) is 0 Å². The zero-order valence-electron chi connectivity index (χ0n) is 8.51. The second-order valence-corrected chi connectivity index (χ2v) is 3.84. The summed E-state index contributed by atoms with van der Waals surface area (Å²) in [5.41, 5.74) is 0. The van der Waals surface area contributed by atoms with E-state index in [0.29, 0.717) is 0 Å². The van der Waals surface area contributed by atoms with Gasteiger partial charge in [-0.2, -0.15) is 0 Å². The van der Waals surface area contributed by atoms with Crippen LogP contribution in [-0.2, 0) is 0 Å². The summed E-state index contributed by atoms with van der Waals surface area (Å²) in [6.45, 7) is 5.51. The molecule has 0 bridgehead atoms. The minimum Gasteiger partial charge on any atom is -0.366 e. The van der Waals surface area contributed by atoms with E-state index in [-0.39, 0.29) is 5.92 Å². The van der Waals surface area contributed by atoms with E-state index in [1.54, 1.807) is 0 Å². The maximum absolute atomic E-state index is 9.20. The summed E-state index contributed by atoms with van der Waals surface area (Å²) in [5, 5.41) is 18.4. The summed E-state index contributed by atoms with van der Waals surface area (Å²) in [4.78, 5) is 0. The topological polar surface area (TPSA) is 40.5 Å². The molecule has 0 radical (unpaired) electrons. The van der Waals surface area contributed by atoms with Crippen LogP contribution in [0.15, 0.2) is 0 Å². The van der Waals surface area contributed by atoms with E-state index in [1.165, 1.54) is 26.2 Å². The summed E-state index contributed by atoms with van der Waals surface area (Å²) in [6.07, 6.45) is 5.69. The van der Waals surface area contributed by atoms with Crippen molar-refractivity contribution in [3.63, 3.8) is 0 Å². The van der Waals surface area contributed by atoms with Gasteiger partial charge < -0.3 is 10.2 Å². The molecule has 0 aliphatic rings. The Labute approximate surface area is 75.6 Å². The Kier molecular flexibility index (Phi) is 5.51. The number of rotatable bonds is 6. The maximum Gasteiger partial charge on any atom is 0.162 e. The molecule has 2 N–H and O–H groups in total. The van der Waals surface area contributed by atoms with Crippen LogP contribution < -0.4 is 0 Å². The quantitative estimate of drug-likeness (QED) is 0.479. The number of unbranched alkanes of at least 4 members (excludes halogenated alkanes) is 3. The largest absolute Gasteiger partial charge is 0.366 e. The highest BCUT2D eigenvalue weighted by atomic mass is 16.5. The molecule has 0 saturated carbocycles. The first-order valence-electron chi connectivity index (χ1n) is 4.93. The SMILES string of the molecule is CCCCCCC(C)C(C)(O)O. The molecule has 0 aromatic heterocycles. The molecule has 0 aromatic rings. The van der Waals surface area contributed by atoms with Gasteiger partial charge in [-0.15, -0.1) is 0 Å². The van der Waals surface area contributed by atoms with Gasteiger partial charge in [0.2, 0.25) is 0 Å². The van der Waals surface area contributed by atoms with E-state index in [2.05, 4.69) is 6.92 Å². The lowest BCUT2D eigenvalue weighted by atomic mass is 9.95. The predicted molar refractivity (Wildman–Crippen MR) is 50.8 cm³/mol. The summed E-state index contributed by atoms with van der Waals surface area (Å²) in [5.74, 6) is -1.51. The fourth-order valence-electron chi connectivity index (χ4n) is 1.15. The van der Waals surface area contributed by atoms with Gasteiger partial charge in [0.15, 0.2) is 5.79 Å². The molecule has 0 aliphatic heterocycles. The molecule has 0 aromatic carbocycles. The lowest BCUT2D eigenvalue weighted by Gasteiger charge is -2.23. The van der Waals surface area contributed by atoms with Crippen molar-refractivity contribution in [1.82, 2.24) is 0 Å². The molecule has 0 rings (SSSR count). The van der Waals surface area contributed by atoms with E-state index >= 15 is 0 Å². The van der Waals surface area contributed by atoms with Gasteiger partial charge in [-0.3, -0.25) is 0 Å². The van der Waals surface area contributed by atoms with Crippen LogP contribution in [0.2, 0.25) is 0 Å². The highest BCUT2D eigenvalue weighted by molar-refractivity contribution is 4.66. The summed E-state index contributed by atoms with van der Waals surface area (Å²) in [6, 6.07) is 0. The highest BCUT2D eigenvalue weighted by Gasteiger charge is 2.23. The smallest absolute Gasteiger partial charge is 0.162 e. The van der Waals surface area contributed by atoms with Crippen molar-refractivity contribution in [3.05, 3.63) is 0 Å². The van der Waals surface area contributed by atoms with Gasteiger partial charge in [0.05, 0.1) is 0 Å². The van der Waals surface area contributed by atoms with E-state index in [0.717, 1.165) is 12.8 Å². The molecule has 2 nitrogen and oxygen atoms in total. The van der Waals surface area contributed by atoms with Crippen molar-refractivity contribution in [3.8, 4) is 0 Å². The molecule has 0 heterocycles. The van der Waals surface area contributed by atoms with E-state index in [4.69, 9.17) is 0 Å². The second-order valence-electron chi connectivity index (χ2n) is 3.84. The number of aliphatic hydroxyl groups is 2. The van der Waals surface area contributed by atoms with Gasteiger partial charge in [0.1, 0.15) is 0 Å². The zero-order valence-corrected chi connectivity index (χ0v) is 8.51. The van der Waals surface area contributed by atoms with Crippen molar-refractivity contribution in [2.24, 2.45) is 5.92 Å². The Morgan fingerprint density at radius 1 is 1.17 bits per heavy atom. The van der Waals surface area contributed by atoms with E-state index in [9.17, 15) is 10.2 Å². The first kappa shape index (κ1) is 11.9. The second kappa shape index (κ2) is 5.55. The molecule has 0 spiro atoms. The lowest BCUT2D eigenvalue weighted by Crippen LogP contribution is -2.31. The standard InChI is InChI=1S/C10H22O2/c1-4-5-6-7-8-9(2)10(3,11)12/h9,11-12H,4-8H2,1-3H3. The monoisotopic (exact) mass is 174 g/mol. The highest BCUT2D eigenvalue weighted by Crippen LogP contribution is 2.19. The minimum absolute atomic E-state index is 0.0191. The van der Waals surface area contributed by atoms with Gasteiger partial charge >= 0.3 is 0 Å². The van der Waals surface area contributed by atoms with E-state index < -0.39 is 5.79 Å². The van der Waals surface area contributed by atoms with Crippen molar-refractivity contribution in [2.75, 3.05) is 0 Å². The molecule has 1 atom stereocenters. The third kappa shape index (κ3) is 5.56. The molecular weight excluding hydrogens is 152 g/mol. The Morgan fingerprint density at radius 3 is 2.17 bits per heavy atom. The molecule has 0 fully saturated rings. The Morgan fingerprint density at radius 2 is 1.75 bits per heavy atom. The van der Waals surface area contributed by atoms with Crippen LogP contribution in [0.3, 0.4) is 0 Å². The zero-order chi connectivity index (χ0) is 9.61. The predicted octanol–water partition coefficient (Wildman–Crippen LogP) is 2.29. The fourth-order valence-corrected chi connectivity index (χ4v) is 1.15.